The van der Waals surface area contributed by atoms with Gasteiger partial charge in [-0.1, -0.05) is 34.5 Å². The van der Waals surface area contributed by atoms with Gasteiger partial charge in [-0.05, 0) is 49.3 Å². The van der Waals surface area contributed by atoms with Crippen LogP contribution in [0.3, 0.4) is 0 Å². The number of hydrogen-bond acceptors (Lipinski definition) is 3. The summed E-state index contributed by atoms with van der Waals surface area (Å²) in [7, 11) is -2.95. The molecule has 0 radical (unpaired) electrons. The minimum Gasteiger partial charge on any atom is -0.324 e. The molecule has 0 saturated heterocycles. The maximum Gasteiger partial charge on any atom is 0.150 e. The Morgan fingerprint density at radius 2 is 2.05 bits per heavy atom. The van der Waals surface area contributed by atoms with Crippen LogP contribution >= 0.6 is 15.9 Å². The van der Waals surface area contributed by atoms with Gasteiger partial charge in [0.15, 0.2) is 0 Å². The molecule has 112 valence electrons. The van der Waals surface area contributed by atoms with Crippen LogP contribution in [0.4, 0.5) is 0 Å². The van der Waals surface area contributed by atoms with Gasteiger partial charge in [0, 0.05) is 16.8 Å². The Kier molecular flexibility index (Phi) is 4.92. The monoisotopic (exact) mass is 359 g/mol. The van der Waals surface area contributed by atoms with Crippen LogP contribution in [0.5, 0.6) is 0 Å². The first-order valence-corrected chi connectivity index (χ1v) is 9.74. The molecule has 3 nitrogen and oxygen atoms in total. The summed E-state index contributed by atoms with van der Waals surface area (Å²) in [5.41, 5.74) is 8.65. The minimum atomic E-state index is -2.95. The van der Waals surface area contributed by atoms with Crippen LogP contribution in [0, 0.1) is 12.8 Å². The van der Waals surface area contributed by atoms with Gasteiger partial charge in [0.2, 0.25) is 0 Å². The number of benzene rings is 1. The van der Waals surface area contributed by atoms with E-state index in [9.17, 15) is 8.42 Å². The van der Waals surface area contributed by atoms with Crippen molar-refractivity contribution in [1.29, 1.82) is 0 Å². The topological polar surface area (TPSA) is 60.2 Å². The van der Waals surface area contributed by atoms with Crippen LogP contribution in [0.25, 0.3) is 0 Å². The molecule has 2 rings (SSSR count). The van der Waals surface area contributed by atoms with E-state index < -0.39 is 9.84 Å². The molecule has 2 N–H and O–H groups in total. The van der Waals surface area contributed by atoms with E-state index in [1.807, 2.05) is 19.1 Å². The second kappa shape index (κ2) is 6.16. The van der Waals surface area contributed by atoms with Gasteiger partial charge in [0.1, 0.15) is 9.84 Å². The summed E-state index contributed by atoms with van der Waals surface area (Å²) in [6.45, 7) is 2.04. The first-order valence-electron chi connectivity index (χ1n) is 6.99. The molecule has 1 fully saturated rings. The molecule has 20 heavy (non-hydrogen) atoms. The van der Waals surface area contributed by atoms with Crippen molar-refractivity contribution in [3.63, 3.8) is 0 Å². The maximum absolute atomic E-state index is 11.7. The zero-order chi connectivity index (χ0) is 14.9. The average molecular weight is 360 g/mol. The maximum atomic E-state index is 11.7. The molecule has 1 aliphatic rings. The molecule has 0 bridgehead atoms. The fourth-order valence-electron chi connectivity index (χ4n) is 3.04. The molecule has 1 saturated carbocycles. The summed E-state index contributed by atoms with van der Waals surface area (Å²) in [4.78, 5) is 0. The number of rotatable bonds is 3. The van der Waals surface area contributed by atoms with Crippen LogP contribution < -0.4 is 5.73 Å². The van der Waals surface area contributed by atoms with Gasteiger partial charge < -0.3 is 5.73 Å². The van der Waals surface area contributed by atoms with Gasteiger partial charge in [0.25, 0.3) is 0 Å². The first kappa shape index (κ1) is 16.0. The first-order chi connectivity index (χ1) is 9.29. The summed E-state index contributed by atoms with van der Waals surface area (Å²) in [5, 5.41) is -0.219. The number of sulfone groups is 1. The van der Waals surface area contributed by atoms with Crippen LogP contribution in [-0.2, 0) is 9.84 Å². The Morgan fingerprint density at radius 1 is 1.35 bits per heavy atom. The largest absolute Gasteiger partial charge is 0.324 e. The van der Waals surface area contributed by atoms with E-state index in [0.717, 1.165) is 34.9 Å². The number of aryl methyl sites for hydroxylation is 1. The Labute approximate surface area is 130 Å². The van der Waals surface area contributed by atoms with Crippen molar-refractivity contribution in [3.05, 3.63) is 33.8 Å². The van der Waals surface area contributed by atoms with Crippen molar-refractivity contribution in [2.24, 2.45) is 11.7 Å². The molecule has 0 aromatic heterocycles. The van der Waals surface area contributed by atoms with Gasteiger partial charge in [-0.2, -0.15) is 0 Å². The molecule has 0 heterocycles. The van der Waals surface area contributed by atoms with Crippen LogP contribution in [-0.4, -0.2) is 19.9 Å². The van der Waals surface area contributed by atoms with Crippen molar-refractivity contribution < 1.29 is 8.42 Å². The van der Waals surface area contributed by atoms with E-state index in [-0.39, 0.29) is 17.2 Å². The molecule has 1 aromatic rings. The molecule has 0 aliphatic heterocycles. The van der Waals surface area contributed by atoms with Crippen molar-refractivity contribution in [3.8, 4) is 0 Å². The average Bonchev–Trinajstić information content (AvgIpc) is 2.40. The van der Waals surface area contributed by atoms with E-state index in [4.69, 9.17) is 5.73 Å². The predicted molar refractivity (Wildman–Crippen MR) is 86.4 cm³/mol. The van der Waals surface area contributed by atoms with E-state index in [0.29, 0.717) is 6.42 Å². The Bertz CT molecular complexity index is 586. The van der Waals surface area contributed by atoms with Crippen molar-refractivity contribution in [2.75, 3.05) is 6.26 Å². The van der Waals surface area contributed by atoms with Gasteiger partial charge in [-0.3, -0.25) is 0 Å². The van der Waals surface area contributed by atoms with Gasteiger partial charge >= 0.3 is 0 Å². The Morgan fingerprint density at radius 3 is 2.65 bits per heavy atom. The standard InChI is InChI=1S/C15H22BrNO2S/c1-10-8-12(6-7-14(10)16)15(17)11-4-3-5-13(9-11)20(2,18)19/h6-8,11,13,15H,3-5,9,17H2,1-2H3. The van der Waals surface area contributed by atoms with Crippen LogP contribution in [0.15, 0.2) is 22.7 Å². The molecule has 3 atom stereocenters. The SMILES string of the molecule is Cc1cc(C(N)C2CCCC(S(C)(=O)=O)C2)ccc1Br. The summed E-state index contributed by atoms with van der Waals surface area (Å²) < 4.78 is 24.6. The highest BCUT2D eigenvalue weighted by Gasteiger charge is 2.32. The fourth-order valence-corrected chi connectivity index (χ4v) is 4.48. The van der Waals surface area contributed by atoms with E-state index in [1.54, 1.807) is 0 Å². The summed E-state index contributed by atoms with van der Waals surface area (Å²) in [6, 6.07) is 6.07. The van der Waals surface area contributed by atoms with E-state index in [1.165, 1.54) is 6.26 Å². The van der Waals surface area contributed by atoms with E-state index in [2.05, 4.69) is 22.0 Å². The number of halogens is 1. The highest BCUT2D eigenvalue weighted by Crippen LogP contribution is 2.36. The molecule has 0 amide bonds. The lowest BCUT2D eigenvalue weighted by Crippen LogP contribution is -2.33. The Balaban J connectivity index is 2.16. The van der Waals surface area contributed by atoms with Gasteiger partial charge in [-0.15, -0.1) is 0 Å². The highest BCUT2D eigenvalue weighted by molar-refractivity contribution is 9.10. The molecule has 3 unspecified atom stereocenters. The zero-order valence-electron chi connectivity index (χ0n) is 12.0. The smallest absolute Gasteiger partial charge is 0.150 e. The summed E-state index contributed by atoms with van der Waals surface area (Å²) in [5.74, 6) is 0.254. The molecular weight excluding hydrogens is 338 g/mol. The molecule has 0 spiro atoms. The van der Waals surface area contributed by atoms with Gasteiger partial charge in [0.05, 0.1) is 5.25 Å². The molecule has 5 heteroatoms. The van der Waals surface area contributed by atoms with Crippen LogP contribution in [0.1, 0.15) is 42.9 Å². The van der Waals surface area contributed by atoms with E-state index >= 15 is 0 Å². The normalized spacial score (nSPS) is 25.4. The molecular formula is C15H22BrNO2S. The van der Waals surface area contributed by atoms with Crippen molar-refractivity contribution >= 4 is 25.8 Å². The molecule has 1 aliphatic carbocycles. The Hall–Kier alpha value is -0.390. The lowest BCUT2D eigenvalue weighted by molar-refractivity contribution is 0.309. The van der Waals surface area contributed by atoms with Gasteiger partial charge in [-0.25, -0.2) is 8.42 Å². The highest BCUT2D eigenvalue weighted by atomic mass is 79.9. The van der Waals surface area contributed by atoms with Crippen LogP contribution in [0.2, 0.25) is 0 Å². The second-order valence-corrected chi connectivity index (χ2v) is 9.09. The third-order valence-corrected chi connectivity index (χ3v) is 6.88. The fraction of sp³-hybridized carbons (Fsp3) is 0.600. The number of nitrogens with two attached hydrogens (primary N) is 1. The lowest BCUT2D eigenvalue weighted by atomic mass is 9.81. The second-order valence-electron chi connectivity index (χ2n) is 5.91. The van der Waals surface area contributed by atoms with Crippen molar-refractivity contribution in [1.82, 2.24) is 0 Å². The minimum absolute atomic E-state index is 0.0775. The quantitative estimate of drug-likeness (QED) is 0.899. The number of hydrogen-bond donors (Lipinski definition) is 1. The predicted octanol–water partition coefficient (Wildman–Crippen LogP) is 3.36. The third-order valence-electron chi connectivity index (χ3n) is 4.35. The summed E-state index contributed by atoms with van der Waals surface area (Å²) >= 11 is 3.49. The molecule has 1 aromatic carbocycles. The van der Waals surface area contributed by atoms with Crippen molar-refractivity contribution in [2.45, 2.75) is 43.9 Å². The third kappa shape index (κ3) is 3.62. The lowest BCUT2D eigenvalue weighted by Gasteiger charge is -2.32. The summed E-state index contributed by atoms with van der Waals surface area (Å²) in [6.07, 6.45) is 4.78. The zero-order valence-corrected chi connectivity index (χ0v) is 14.4.